The Balaban J connectivity index is 2.31. The van der Waals surface area contributed by atoms with Gasteiger partial charge in [0.25, 0.3) is 0 Å². The fourth-order valence-corrected chi connectivity index (χ4v) is 1.74. The molecule has 0 saturated heterocycles. The lowest BCUT2D eigenvalue weighted by Crippen LogP contribution is -2.05. The lowest BCUT2D eigenvalue weighted by atomic mass is 10.1. The Hall–Kier alpha value is -2.15. The molecule has 1 heterocycles. The van der Waals surface area contributed by atoms with E-state index in [-0.39, 0.29) is 5.82 Å². The van der Waals surface area contributed by atoms with Gasteiger partial charge in [0.1, 0.15) is 5.82 Å². The van der Waals surface area contributed by atoms with Gasteiger partial charge in [0.05, 0.1) is 23.9 Å². The molecule has 0 fully saturated rings. The summed E-state index contributed by atoms with van der Waals surface area (Å²) in [5, 5.41) is 12.9. The van der Waals surface area contributed by atoms with Crippen LogP contribution < -0.4 is 0 Å². The molecule has 0 aliphatic carbocycles. The van der Waals surface area contributed by atoms with Crippen LogP contribution in [0.2, 0.25) is 0 Å². The summed E-state index contributed by atoms with van der Waals surface area (Å²) in [6, 6.07) is 8.35. The van der Waals surface area contributed by atoms with E-state index in [1.807, 2.05) is 26.0 Å². The van der Waals surface area contributed by atoms with E-state index in [2.05, 4.69) is 5.10 Å². The van der Waals surface area contributed by atoms with Gasteiger partial charge in [0.2, 0.25) is 0 Å². The molecule has 0 unspecified atom stereocenters. The summed E-state index contributed by atoms with van der Waals surface area (Å²) < 4.78 is 15.4. The zero-order chi connectivity index (χ0) is 12.4. The zero-order valence-electron chi connectivity index (χ0n) is 9.74. The molecule has 0 aliphatic rings. The number of benzene rings is 1. The van der Waals surface area contributed by atoms with Crippen molar-refractivity contribution in [2.75, 3.05) is 0 Å². The van der Waals surface area contributed by atoms with E-state index in [0.717, 1.165) is 11.4 Å². The van der Waals surface area contributed by atoms with Crippen molar-refractivity contribution in [1.29, 1.82) is 5.26 Å². The molecule has 0 bridgehead atoms. The number of hydrogen-bond donors (Lipinski definition) is 0. The largest absolute Gasteiger partial charge is 0.265 e. The second-order valence-corrected chi connectivity index (χ2v) is 4.00. The van der Waals surface area contributed by atoms with Gasteiger partial charge in [-0.15, -0.1) is 0 Å². The van der Waals surface area contributed by atoms with Crippen LogP contribution in [0, 0.1) is 31.0 Å². The highest BCUT2D eigenvalue weighted by Crippen LogP contribution is 2.13. The fourth-order valence-electron chi connectivity index (χ4n) is 1.74. The maximum Gasteiger partial charge on any atom is 0.129 e. The molecule has 0 N–H and O–H groups in total. The van der Waals surface area contributed by atoms with Crippen molar-refractivity contribution >= 4 is 0 Å². The molecule has 0 amide bonds. The molecule has 86 valence electrons. The van der Waals surface area contributed by atoms with Crippen LogP contribution in [0.25, 0.3) is 0 Å². The SMILES string of the molecule is Cc1cc(C)n(Cc2ccc(C#N)cc2F)n1. The lowest BCUT2D eigenvalue weighted by molar-refractivity contribution is 0.578. The van der Waals surface area contributed by atoms with E-state index < -0.39 is 0 Å². The number of aryl methyl sites for hydroxylation is 2. The van der Waals surface area contributed by atoms with Crippen LogP contribution in [-0.2, 0) is 6.54 Å². The minimum absolute atomic E-state index is 0.333. The van der Waals surface area contributed by atoms with Crippen molar-refractivity contribution in [3.8, 4) is 6.07 Å². The topological polar surface area (TPSA) is 41.6 Å². The van der Waals surface area contributed by atoms with Crippen LogP contribution in [0.5, 0.6) is 0 Å². The van der Waals surface area contributed by atoms with Crippen molar-refractivity contribution in [2.45, 2.75) is 20.4 Å². The van der Waals surface area contributed by atoms with Gasteiger partial charge in [-0.3, -0.25) is 4.68 Å². The van der Waals surface area contributed by atoms with E-state index in [9.17, 15) is 4.39 Å². The third-order valence-corrected chi connectivity index (χ3v) is 2.61. The first-order valence-electron chi connectivity index (χ1n) is 5.29. The summed E-state index contributed by atoms with van der Waals surface area (Å²) in [6.07, 6.45) is 0. The number of rotatable bonds is 2. The number of nitrogens with zero attached hydrogens (tertiary/aromatic N) is 3. The van der Waals surface area contributed by atoms with Gasteiger partial charge in [-0.05, 0) is 32.0 Å². The lowest BCUT2D eigenvalue weighted by Gasteiger charge is -2.06. The van der Waals surface area contributed by atoms with Crippen molar-refractivity contribution in [2.24, 2.45) is 0 Å². The number of halogens is 1. The number of nitriles is 1. The predicted octanol–water partition coefficient (Wildman–Crippen LogP) is 2.56. The highest BCUT2D eigenvalue weighted by molar-refractivity contribution is 5.33. The van der Waals surface area contributed by atoms with Crippen LogP contribution >= 0.6 is 0 Å². The van der Waals surface area contributed by atoms with Gasteiger partial charge in [-0.25, -0.2) is 4.39 Å². The second-order valence-electron chi connectivity index (χ2n) is 4.00. The van der Waals surface area contributed by atoms with Gasteiger partial charge >= 0.3 is 0 Å². The molecule has 4 heteroatoms. The highest BCUT2D eigenvalue weighted by atomic mass is 19.1. The average molecular weight is 229 g/mol. The van der Waals surface area contributed by atoms with Gasteiger partial charge < -0.3 is 0 Å². The van der Waals surface area contributed by atoms with Crippen molar-refractivity contribution < 1.29 is 4.39 Å². The van der Waals surface area contributed by atoms with E-state index in [1.54, 1.807) is 16.8 Å². The Morgan fingerprint density at radius 1 is 1.35 bits per heavy atom. The maximum absolute atomic E-state index is 13.7. The van der Waals surface area contributed by atoms with E-state index in [1.165, 1.54) is 6.07 Å². The average Bonchev–Trinajstić information content (AvgIpc) is 2.60. The molecule has 1 aromatic carbocycles. The number of aromatic nitrogens is 2. The Morgan fingerprint density at radius 3 is 2.65 bits per heavy atom. The minimum Gasteiger partial charge on any atom is -0.265 e. The summed E-state index contributed by atoms with van der Waals surface area (Å²) in [4.78, 5) is 0. The normalized spacial score (nSPS) is 10.2. The van der Waals surface area contributed by atoms with Gasteiger partial charge in [-0.2, -0.15) is 10.4 Å². The molecule has 0 atom stereocenters. The van der Waals surface area contributed by atoms with E-state index in [4.69, 9.17) is 5.26 Å². The van der Waals surface area contributed by atoms with Gasteiger partial charge in [0, 0.05) is 11.3 Å². The van der Waals surface area contributed by atoms with Crippen LogP contribution in [0.4, 0.5) is 4.39 Å². The second kappa shape index (κ2) is 4.38. The van der Waals surface area contributed by atoms with E-state index >= 15 is 0 Å². The number of hydrogen-bond acceptors (Lipinski definition) is 2. The smallest absolute Gasteiger partial charge is 0.129 e. The van der Waals surface area contributed by atoms with Crippen molar-refractivity contribution in [3.63, 3.8) is 0 Å². The third-order valence-electron chi connectivity index (χ3n) is 2.61. The first-order valence-corrected chi connectivity index (χ1v) is 5.29. The Morgan fingerprint density at radius 2 is 2.12 bits per heavy atom. The molecule has 1 aromatic heterocycles. The monoisotopic (exact) mass is 229 g/mol. The molecule has 3 nitrogen and oxygen atoms in total. The van der Waals surface area contributed by atoms with Crippen LogP contribution in [-0.4, -0.2) is 9.78 Å². The first kappa shape index (κ1) is 11.3. The summed E-state index contributed by atoms with van der Waals surface area (Å²) in [5.41, 5.74) is 2.78. The third kappa shape index (κ3) is 2.34. The minimum atomic E-state index is -0.364. The Bertz CT molecular complexity index is 593. The maximum atomic E-state index is 13.7. The van der Waals surface area contributed by atoms with Crippen LogP contribution in [0.3, 0.4) is 0 Å². The molecular weight excluding hydrogens is 217 g/mol. The standard InChI is InChI=1S/C13H12FN3/c1-9-5-10(2)17(16-9)8-12-4-3-11(7-15)6-13(12)14/h3-6H,8H2,1-2H3. The van der Waals surface area contributed by atoms with E-state index in [0.29, 0.717) is 17.7 Å². The molecule has 0 radical (unpaired) electrons. The molecule has 17 heavy (non-hydrogen) atoms. The zero-order valence-corrected chi connectivity index (χ0v) is 9.74. The van der Waals surface area contributed by atoms with Crippen LogP contribution in [0.15, 0.2) is 24.3 Å². The molecule has 2 aromatic rings. The fraction of sp³-hybridized carbons (Fsp3) is 0.231. The molecule has 2 rings (SSSR count). The molecule has 0 aliphatic heterocycles. The summed E-state index contributed by atoms with van der Waals surface area (Å²) in [7, 11) is 0. The van der Waals surface area contributed by atoms with Gasteiger partial charge in [0.15, 0.2) is 0 Å². The highest BCUT2D eigenvalue weighted by Gasteiger charge is 2.07. The van der Waals surface area contributed by atoms with Gasteiger partial charge in [-0.1, -0.05) is 6.07 Å². The van der Waals surface area contributed by atoms with Crippen molar-refractivity contribution in [1.82, 2.24) is 9.78 Å². The quantitative estimate of drug-likeness (QED) is 0.794. The van der Waals surface area contributed by atoms with Crippen LogP contribution in [0.1, 0.15) is 22.5 Å². The molecule has 0 saturated carbocycles. The Kier molecular flexibility index (Phi) is 2.92. The van der Waals surface area contributed by atoms with Crippen molar-refractivity contribution in [3.05, 3.63) is 52.6 Å². The summed E-state index contributed by atoms with van der Waals surface area (Å²) >= 11 is 0. The summed E-state index contributed by atoms with van der Waals surface area (Å²) in [6.45, 7) is 4.22. The molecule has 0 spiro atoms. The molecular formula is C13H12FN3. The first-order chi connectivity index (χ1) is 8.10. The predicted molar refractivity (Wildman–Crippen MR) is 61.9 cm³/mol. The summed E-state index contributed by atoms with van der Waals surface area (Å²) in [5.74, 6) is -0.364. The Labute approximate surface area is 99.1 Å².